The topological polar surface area (TPSA) is 39.3 Å². The minimum Gasteiger partial charge on any atom is -0.342 e. The van der Waals surface area contributed by atoms with Crippen molar-refractivity contribution in [3.05, 3.63) is 166 Å². The van der Waals surface area contributed by atoms with Crippen molar-refractivity contribution in [1.82, 2.24) is 9.13 Å². The molecule has 2 aromatic heterocycles. The van der Waals surface area contributed by atoms with E-state index in [0.717, 1.165) is 51.7 Å². The normalized spacial score (nSPS) is 16.1. The molecule has 0 N–H and O–H groups in total. The summed E-state index contributed by atoms with van der Waals surface area (Å²) in [6.07, 6.45) is 5.55. The Bertz CT molecular complexity index is 2350. The van der Waals surface area contributed by atoms with Gasteiger partial charge >= 0.3 is 0 Å². The lowest BCUT2D eigenvalue weighted by Gasteiger charge is -2.31. The van der Waals surface area contributed by atoms with E-state index < -0.39 is 6.04 Å². The van der Waals surface area contributed by atoms with Gasteiger partial charge in [-0.15, -0.1) is 0 Å². The number of aromatic nitrogens is 2. The van der Waals surface area contributed by atoms with Gasteiger partial charge in [-0.05, 0) is 59.9 Å². The summed E-state index contributed by atoms with van der Waals surface area (Å²) < 4.78 is 19.0. The number of hydrogen-bond donors (Lipinski definition) is 0. The lowest BCUT2D eigenvalue weighted by Crippen LogP contribution is -2.38. The molecule has 216 valence electrons. The van der Waals surface area contributed by atoms with Crippen LogP contribution in [0.2, 0.25) is 10.0 Å². The highest BCUT2D eigenvalue weighted by Gasteiger charge is 2.33. The molecule has 0 saturated carbocycles. The molecule has 0 fully saturated rings. The molecule has 1 atom stereocenters. The lowest BCUT2D eigenvalue weighted by molar-refractivity contribution is 0.585. The number of benzene rings is 4. The van der Waals surface area contributed by atoms with Crippen LogP contribution in [0.1, 0.15) is 40.3 Å². The summed E-state index contributed by atoms with van der Waals surface area (Å²) in [5, 5.41) is 2.04. The highest BCUT2D eigenvalue weighted by Crippen LogP contribution is 2.43. The maximum absolute atomic E-state index is 14.6. The Morgan fingerprint density at radius 2 is 1.75 bits per heavy atom. The molecule has 1 aliphatic heterocycles. The monoisotopic (exact) mass is 635 g/mol. The molecule has 8 rings (SSSR count). The van der Waals surface area contributed by atoms with E-state index in [-0.39, 0.29) is 11.4 Å². The van der Waals surface area contributed by atoms with E-state index in [1.807, 2.05) is 65.4 Å². The molecule has 0 saturated heterocycles. The van der Waals surface area contributed by atoms with Crippen molar-refractivity contribution in [2.45, 2.75) is 25.4 Å². The van der Waals surface area contributed by atoms with Crippen molar-refractivity contribution in [2.75, 3.05) is 0 Å². The number of allylic oxidation sites excluding steroid dienone is 1. The molecule has 4 nitrogen and oxygen atoms in total. The molecule has 0 bridgehead atoms. The van der Waals surface area contributed by atoms with Gasteiger partial charge in [0.1, 0.15) is 5.82 Å². The first-order chi connectivity index (χ1) is 21.5. The molecule has 0 amide bonds. The molecule has 0 spiro atoms. The molecular weight excluding hydrogens is 612 g/mol. The van der Waals surface area contributed by atoms with E-state index in [0.29, 0.717) is 31.5 Å². The third-order valence-corrected chi connectivity index (χ3v) is 10.1. The summed E-state index contributed by atoms with van der Waals surface area (Å²) in [6.45, 7) is 0.378. The molecule has 1 aliphatic carbocycles. The Balaban J connectivity index is 1.34. The van der Waals surface area contributed by atoms with Crippen LogP contribution >= 0.6 is 34.5 Å². The molecule has 3 heterocycles. The Hall–Kier alpha value is -4.23. The fraction of sp³-hybridized carbons (Fsp3) is 0.111. The average Bonchev–Trinajstić information content (AvgIpc) is 3.53. The number of fused-ring (bicyclic) bond motifs is 4. The Kier molecular flexibility index (Phi) is 6.67. The van der Waals surface area contributed by atoms with Gasteiger partial charge in [0.25, 0.3) is 5.56 Å². The smallest absolute Gasteiger partial charge is 0.271 e. The van der Waals surface area contributed by atoms with Crippen molar-refractivity contribution in [1.29, 1.82) is 0 Å². The summed E-state index contributed by atoms with van der Waals surface area (Å²) >= 11 is 14.5. The van der Waals surface area contributed by atoms with E-state index in [1.54, 1.807) is 22.8 Å². The van der Waals surface area contributed by atoms with Gasteiger partial charge in [0.2, 0.25) is 0 Å². The standard InChI is InChI=1S/C36H24Cl2FN3OS/c37-24-14-16-27(29(38)18-24)34-28-15-13-21-7-1-3-10-26(21)33(28)40-36-42(34)35(43)32(44-36)17-23-20-41(31-12-6-4-9-25(23)31)19-22-8-2-5-11-30(22)39/h1-12,14,16-18,20,34H,13,15,19H2. The van der Waals surface area contributed by atoms with Crippen LogP contribution in [0.15, 0.2) is 113 Å². The number of nitrogens with zero attached hydrogens (tertiary/aromatic N) is 3. The molecule has 1 unspecified atom stereocenters. The summed E-state index contributed by atoms with van der Waals surface area (Å²) in [6, 6.07) is 28.2. The minimum atomic E-state index is -0.399. The molecule has 8 heteroatoms. The van der Waals surface area contributed by atoms with E-state index >= 15 is 0 Å². The predicted octanol–water partition coefficient (Wildman–Crippen LogP) is 7.77. The summed E-state index contributed by atoms with van der Waals surface area (Å²) in [4.78, 5) is 20.1. The van der Waals surface area contributed by atoms with Gasteiger partial charge in [-0.3, -0.25) is 9.36 Å². The second-order valence-corrected chi connectivity index (χ2v) is 13.0. The zero-order valence-corrected chi connectivity index (χ0v) is 25.6. The molecule has 4 aromatic carbocycles. The van der Waals surface area contributed by atoms with Crippen molar-refractivity contribution < 1.29 is 4.39 Å². The van der Waals surface area contributed by atoms with Gasteiger partial charge in [-0.1, -0.05) is 101 Å². The zero-order chi connectivity index (χ0) is 29.9. The van der Waals surface area contributed by atoms with Crippen molar-refractivity contribution in [3.8, 4) is 0 Å². The molecule has 2 aliphatic rings. The van der Waals surface area contributed by atoms with Gasteiger partial charge in [-0.25, -0.2) is 9.38 Å². The van der Waals surface area contributed by atoms with E-state index in [4.69, 9.17) is 28.2 Å². The van der Waals surface area contributed by atoms with Crippen molar-refractivity contribution >= 4 is 57.2 Å². The third kappa shape index (κ3) is 4.48. The zero-order valence-electron chi connectivity index (χ0n) is 23.3. The first-order valence-corrected chi connectivity index (χ1v) is 15.9. The SMILES string of the molecule is O=c1c(=Cc2cn(Cc3ccccc3F)c3ccccc23)sc2n1C(c1ccc(Cl)cc1Cl)C1=C(N=2)c2ccccc2CC1. The van der Waals surface area contributed by atoms with E-state index in [1.165, 1.54) is 23.0 Å². The fourth-order valence-corrected chi connectivity index (χ4v) is 8.00. The Morgan fingerprint density at radius 3 is 2.61 bits per heavy atom. The third-order valence-electron chi connectivity index (χ3n) is 8.53. The lowest BCUT2D eigenvalue weighted by atomic mass is 9.83. The number of rotatable bonds is 4. The van der Waals surface area contributed by atoms with Crippen LogP contribution in [0.25, 0.3) is 22.7 Å². The number of hydrogen-bond acceptors (Lipinski definition) is 3. The van der Waals surface area contributed by atoms with Crippen molar-refractivity contribution in [2.24, 2.45) is 4.99 Å². The Labute approximate surface area is 266 Å². The summed E-state index contributed by atoms with van der Waals surface area (Å²) in [5.74, 6) is -0.244. The number of halogens is 3. The van der Waals surface area contributed by atoms with Crippen LogP contribution in [-0.2, 0) is 13.0 Å². The predicted molar refractivity (Wildman–Crippen MR) is 177 cm³/mol. The van der Waals surface area contributed by atoms with Crippen LogP contribution in [0.3, 0.4) is 0 Å². The maximum Gasteiger partial charge on any atom is 0.271 e. The summed E-state index contributed by atoms with van der Waals surface area (Å²) in [5.41, 5.74) is 7.49. The highest BCUT2D eigenvalue weighted by molar-refractivity contribution is 7.07. The fourth-order valence-electron chi connectivity index (χ4n) is 6.49. The van der Waals surface area contributed by atoms with Crippen LogP contribution in [0, 0.1) is 5.82 Å². The number of para-hydroxylation sites is 1. The number of aryl methyl sites for hydroxylation is 1. The van der Waals surface area contributed by atoms with Gasteiger partial charge in [0.15, 0.2) is 4.80 Å². The van der Waals surface area contributed by atoms with Crippen LogP contribution in [0.4, 0.5) is 4.39 Å². The van der Waals surface area contributed by atoms with Gasteiger partial charge in [-0.2, -0.15) is 0 Å². The van der Waals surface area contributed by atoms with E-state index in [2.05, 4.69) is 18.2 Å². The molecule has 6 aromatic rings. The van der Waals surface area contributed by atoms with Gasteiger partial charge in [0.05, 0.1) is 22.8 Å². The maximum atomic E-state index is 14.6. The molecule has 0 radical (unpaired) electrons. The average molecular weight is 637 g/mol. The minimum absolute atomic E-state index is 0.124. The quantitative estimate of drug-likeness (QED) is 0.195. The molecule has 44 heavy (non-hydrogen) atoms. The second kappa shape index (κ2) is 10.7. The highest BCUT2D eigenvalue weighted by atomic mass is 35.5. The van der Waals surface area contributed by atoms with Gasteiger partial charge < -0.3 is 4.57 Å². The van der Waals surface area contributed by atoms with Gasteiger partial charge in [0, 0.05) is 43.8 Å². The van der Waals surface area contributed by atoms with E-state index in [9.17, 15) is 9.18 Å². The largest absolute Gasteiger partial charge is 0.342 e. The first kappa shape index (κ1) is 27.3. The summed E-state index contributed by atoms with van der Waals surface area (Å²) in [7, 11) is 0. The number of thiazole rings is 1. The van der Waals surface area contributed by atoms with Crippen LogP contribution in [-0.4, -0.2) is 9.13 Å². The van der Waals surface area contributed by atoms with Crippen LogP contribution in [0.5, 0.6) is 0 Å². The molecular formula is C36H24Cl2FN3OS. The Morgan fingerprint density at radius 1 is 0.955 bits per heavy atom. The van der Waals surface area contributed by atoms with Crippen LogP contribution < -0.4 is 14.9 Å². The second-order valence-electron chi connectivity index (χ2n) is 11.1. The van der Waals surface area contributed by atoms with Crippen molar-refractivity contribution in [3.63, 3.8) is 0 Å². The first-order valence-electron chi connectivity index (χ1n) is 14.4.